The minimum atomic E-state index is -2.96. The Hall–Kier alpha value is -0.360. The van der Waals surface area contributed by atoms with Gasteiger partial charge in [-0.3, -0.25) is 9.46 Å². The van der Waals surface area contributed by atoms with Gasteiger partial charge in [0.1, 0.15) is 6.29 Å². The molecule has 0 radical (unpaired) electrons. The van der Waals surface area contributed by atoms with Gasteiger partial charge < -0.3 is 13.9 Å². The Morgan fingerprint density at radius 3 is 2.19 bits per heavy atom. The number of hydrogen-bond donors (Lipinski definition) is 0. The predicted octanol–water partition coefficient (Wildman–Crippen LogP) is 4.40. The third kappa shape index (κ3) is 8.12. The summed E-state index contributed by atoms with van der Waals surface area (Å²) >= 11 is 1.94. The van der Waals surface area contributed by atoms with Crippen molar-refractivity contribution in [1.82, 2.24) is 9.80 Å². The maximum Gasteiger partial charge on any atom is 0.344 e. The van der Waals surface area contributed by atoms with Crippen molar-refractivity contribution in [3.63, 3.8) is 0 Å². The van der Waals surface area contributed by atoms with E-state index in [1.165, 1.54) is 23.5 Å². The second kappa shape index (κ2) is 12.2. The highest BCUT2D eigenvalue weighted by molar-refractivity contribution is 7.99. The van der Waals surface area contributed by atoms with Gasteiger partial charge in [0.05, 0.1) is 13.2 Å². The van der Waals surface area contributed by atoms with E-state index in [9.17, 15) is 4.57 Å². The van der Waals surface area contributed by atoms with Crippen molar-refractivity contribution in [2.75, 3.05) is 58.0 Å². The number of unbranched alkanes of at least 4 members (excludes halogenated alkanes) is 1. The van der Waals surface area contributed by atoms with Crippen molar-refractivity contribution >= 4 is 19.4 Å². The van der Waals surface area contributed by atoms with Crippen LogP contribution in [0.3, 0.4) is 0 Å². The smallest absolute Gasteiger partial charge is 0.308 e. The number of benzene rings is 1. The largest absolute Gasteiger partial charge is 0.344 e. The molecule has 1 aliphatic rings. The molecule has 7 heteroatoms. The van der Waals surface area contributed by atoms with Crippen molar-refractivity contribution < 1.29 is 13.6 Å². The Bertz CT molecular complexity index is 529. The Morgan fingerprint density at radius 2 is 1.58 bits per heavy atom. The summed E-state index contributed by atoms with van der Waals surface area (Å²) in [7, 11) is -2.96. The topological polar surface area (TPSA) is 42.0 Å². The van der Waals surface area contributed by atoms with Gasteiger partial charge in [0.25, 0.3) is 0 Å². The molecule has 148 valence electrons. The van der Waals surface area contributed by atoms with Gasteiger partial charge in [0.2, 0.25) is 0 Å². The first-order chi connectivity index (χ1) is 12.6. The van der Waals surface area contributed by atoms with Crippen molar-refractivity contribution in [3.8, 4) is 0 Å². The molecule has 1 aliphatic heterocycles. The molecule has 2 rings (SSSR count). The lowest BCUT2D eigenvalue weighted by atomic mass is 10.2. The summed E-state index contributed by atoms with van der Waals surface area (Å²) in [5, 5.41) is 0. The maximum absolute atomic E-state index is 12.6. The predicted molar refractivity (Wildman–Crippen MR) is 110 cm³/mol. The van der Waals surface area contributed by atoms with Crippen LogP contribution in [0.4, 0.5) is 0 Å². The number of rotatable bonds is 12. The van der Waals surface area contributed by atoms with Gasteiger partial charge in [-0.2, -0.15) is 0 Å². The van der Waals surface area contributed by atoms with Crippen LogP contribution in [0.15, 0.2) is 35.2 Å². The third-order valence-corrected chi connectivity index (χ3v) is 7.52. The molecule has 0 saturated carbocycles. The van der Waals surface area contributed by atoms with Gasteiger partial charge in [0, 0.05) is 31.1 Å². The Kier molecular flexibility index (Phi) is 10.3. The van der Waals surface area contributed by atoms with Crippen molar-refractivity contribution in [2.24, 2.45) is 0 Å². The van der Waals surface area contributed by atoms with E-state index in [1.54, 1.807) is 0 Å². The van der Waals surface area contributed by atoms with Crippen LogP contribution >= 0.6 is 19.4 Å². The molecule has 1 fully saturated rings. The molecule has 0 bridgehead atoms. The summed E-state index contributed by atoms with van der Waals surface area (Å²) in [6.45, 7) is 9.66. The van der Waals surface area contributed by atoms with Gasteiger partial charge in [-0.05, 0) is 51.1 Å². The average Bonchev–Trinajstić information content (AvgIpc) is 2.64. The fourth-order valence-electron chi connectivity index (χ4n) is 3.06. The second-order valence-corrected chi connectivity index (χ2v) is 9.61. The summed E-state index contributed by atoms with van der Waals surface area (Å²) < 4.78 is 23.4. The first kappa shape index (κ1) is 21.9. The number of nitrogens with zero attached hydrogens (tertiary/aromatic N) is 2. The zero-order chi connectivity index (χ0) is 18.7. The molecule has 0 aromatic heterocycles. The molecule has 26 heavy (non-hydrogen) atoms. The zero-order valence-electron chi connectivity index (χ0n) is 16.1. The molecule has 1 aromatic carbocycles. The molecular weight excluding hydrogens is 367 g/mol. The van der Waals surface area contributed by atoms with Crippen LogP contribution in [0.1, 0.15) is 26.7 Å². The molecule has 0 aliphatic carbocycles. The second-order valence-electron chi connectivity index (χ2n) is 6.42. The molecule has 1 aromatic rings. The molecule has 5 nitrogen and oxygen atoms in total. The van der Waals surface area contributed by atoms with Crippen molar-refractivity contribution in [1.29, 1.82) is 0 Å². The van der Waals surface area contributed by atoms with E-state index in [0.717, 1.165) is 32.7 Å². The molecule has 0 atom stereocenters. The maximum atomic E-state index is 12.6. The van der Waals surface area contributed by atoms with Gasteiger partial charge in [-0.25, -0.2) is 0 Å². The number of hydrogen-bond acceptors (Lipinski definition) is 6. The lowest BCUT2D eigenvalue weighted by Crippen LogP contribution is -2.46. The molecular formula is C19H33N2O3PS. The molecule has 0 N–H and O–H groups in total. The minimum Gasteiger partial charge on any atom is -0.308 e. The summed E-state index contributed by atoms with van der Waals surface area (Å²) in [6.07, 6.45) is 2.89. The minimum absolute atomic E-state index is 0.413. The van der Waals surface area contributed by atoms with E-state index in [-0.39, 0.29) is 0 Å². The van der Waals surface area contributed by atoms with Gasteiger partial charge >= 0.3 is 7.60 Å². The Morgan fingerprint density at radius 1 is 0.962 bits per heavy atom. The van der Waals surface area contributed by atoms with Crippen molar-refractivity contribution in [3.05, 3.63) is 30.3 Å². The summed E-state index contributed by atoms with van der Waals surface area (Å²) in [5.41, 5.74) is 0. The standard InChI is InChI=1S/C19H33N2O3PS/c1-3-23-25(22,24-4-2)18-21-15-13-20(14-16-21)12-8-9-17-26-19-10-6-5-7-11-19/h5-7,10-11H,3-4,8-9,12-18H2,1-2H3. The fourth-order valence-corrected chi connectivity index (χ4v) is 5.79. The van der Waals surface area contributed by atoms with Crippen LogP contribution in [-0.2, 0) is 13.6 Å². The average molecular weight is 401 g/mol. The van der Waals surface area contributed by atoms with Gasteiger partial charge in [-0.15, -0.1) is 11.8 Å². The van der Waals surface area contributed by atoms with Crippen molar-refractivity contribution in [2.45, 2.75) is 31.6 Å². The van der Waals surface area contributed by atoms with Crippen LogP contribution in [-0.4, -0.2) is 67.8 Å². The molecule has 0 spiro atoms. The van der Waals surface area contributed by atoms with E-state index in [0.29, 0.717) is 19.5 Å². The number of thioether (sulfide) groups is 1. The molecule has 1 saturated heterocycles. The first-order valence-electron chi connectivity index (χ1n) is 9.66. The van der Waals surface area contributed by atoms with E-state index >= 15 is 0 Å². The molecule has 0 unspecified atom stereocenters. The van der Waals surface area contributed by atoms with E-state index in [2.05, 4.69) is 40.1 Å². The highest BCUT2D eigenvalue weighted by Gasteiger charge is 2.29. The van der Waals surface area contributed by atoms with E-state index in [4.69, 9.17) is 9.05 Å². The van der Waals surface area contributed by atoms with Crippen LogP contribution in [0.5, 0.6) is 0 Å². The van der Waals surface area contributed by atoms with Crippen LogP contribution in [0.25, 0.3) is 0 Å². The lowest BCUT2D eigenvalue weighted by molar-refractivity contribution is 0.131. The highest BCUT2D eigenvalue weighted by Crippen LogP contribution is 2.48. The van der Waals surface area contributed by atoms with E-state index in [1.807, 2.05) is 25.6 Å². The highest BCUT2D eigenvalue weighted by atomic mass is 32.2. The SMILES string of the molecule is CCOP(=O)(CN1CCN(CCCCSc2ccccc2)CC1)OCC. The Balaban J connectivity index is 1.58. The third-order valence-electron chi connectivity index (χ3n) is 4.37. The normalized spacial score (nSPS) is 16.8. The lowest BCUT2D eigenvalue weighted by Gasteiger charge is -2.35. The number of piperazine rings is 1. The van der Waals surface area contributed by atoms with Gasteiger partial charge in [0.15, 0.2) is 0 Å². The van der Waals surface area contributed by atoms with Crippen LogP contribution in [0, 0.1) is 0 Å². The first-order valence-corrected chi connectivity index (χ1v) is 12.4. The fraction of sp³-hybridized carbons (Fsp3) is 0.684. The monoisotopic (exact) mass is 400 g/mol. The summed E-state index contributed by atoms with van der Waals surface area (Å²) in [5.74, 6) is 1.18. The quantitative estimate of drug-likeness (QED) is 0.294. The van der Waals surface area contributed by atoms with Crippen LogP contribution < -0.4 is 0 Å². The van der Waals surface area contributed by atoms with Crippen LogP contribution in [0.2, 0.25) is 0 Å². The molecule has 1 heterocycles. The summed E-state index contributed by atoms with van der Waals surface area (Å²) in [6, 6.07) is 10.6. The summed E-state index contributed by atoms with van der Waals surface area (Å²) in [4.78, 5) is 6.08. The van der Waals surface area contributed by atoms with Gasteiger partial charge in [-0.1, -0.05) is 18.2 Å². The van der Waals surface area contributed by atoms with E-state index < -0.39 is 7.60 Å². The zero-order valence-corrected chi connectivity index (χ0v) is 17.9. The Labute approximate surface area is 163 Å². The molecule has 0 amide bonds.